The number of hydrogen-bond donors (Lipinski definition) is 0. The summed E-state index contributed by atoms with van der Waals surface area (Å²) < 4.78 is 5.51. The van der Waals surface area contributed by atoms with E-state index in [0.29, 0.717) is 34.2 Å². The number of carbonyl (C=O) groups is 1. The molecular formula is C11H6N2O2. The van der Waals surface area contributed by atoms with Gasteiger partial charge in [-0.2, -0.15) is 0 Å². The maximum atomic E-state index is 10.6. The Balaban J connectivity index is 2.51. The zero-order valence-corrected chi connectivity index (χ0v) is 7.68. The van der Waals surface area contributed by atoms with Crippen LogP contribution in [0.2, 0.25) is 0 Å². The Morgan fingerprint density at radius 1 is 1.13 bits per heavy atom. The Labute approximate surface area is 84.6 Å². The molecule has 0 radical (unpaired) electrons. The summed E-state index contributed by atoms with van der Waals surface area (Å²) in [7, 11) is 0. The molecule has 0 bridgehead atoms. The van der Waals surface area contributed by atoms with E-state index in [1.807, 2.05) is 6.07 Å². The van der Waals surface area contributed by atoms with Gasteiger partial charge in [0.1, 0.15) is 16.7 Å². The first kappa shape index (κ1) is 8.11. The number of rotatable bonds is 1. The van der Waals surface area contributed by atoms with E-state index >= 15 is 0 Å². The van der Waals surface area contributed by atoms with Crippen molar-refractivity contribution in [3.05, 3.63) is 36.2 Å². The molecular weight excluding hydrogens is 192 g/mol. The van der Waals surface area contributed by atoms with Gasteiger partial charge in [-0.3, -0.25) is 9.78 Å². The van der Waals surface area contributed by atoms with Gasteiger partial charge in [0, 0.05) is 6.20 Å². The van der Waals surface area contributed by atoms with E-state index < -0.39 is 0 Å². The van der Waals surface area contributed by atoms with Crippen molar-refractivity contribution in [1.29, 1.82) is 0 Å². The van der Waals surface area contributed by atoms with Crippen molar-refractivity contribution in [2.24, 2.45) is 0 Å². The molecule has 3 heterocycles. The SMILES string of the molecule is O=Cc1ccc2oc3cccnc3c2n1. The normalized spacial score (nSPS) is 10.9. The van der Waals surface area contributed by atoms with Gasteiger partial charge in [-0.05, 0) is 24.3 Å². The van der Waals surface area contributed by atoms with Crippen LogP contribution in [0.1, 0.15) is 10.5 Å². The number of fused-ring (bicyclic) bond motifs is 3. The lowest BCUT2D eigenvalue weighted by atomic mass is 10.3. The Morgan fingerprint density at radius 3 is 2.87 bits per heavy atom. The minimum atomic E-state index is 0.385. The van der Waals surface area contributed by atoms with Crippen LogP contribution in [0.5, 0.6) is 0 Å². The Morgan fingerprint density at radius 2 is 2.00 bits per heavy atom. The van der Waals surface area contributed by atoms with Gasteiger partial charge in [0.15, 0.2) is 17.5 Å². The second-order valence-corrected chi connectivity index (χ2v) is 3.15. The zero-order chi connectivity index (χ0) is 10.3. The second kappa shape index (κ2) is 2.88. The van der Waals surface area contributed by atoms with Crippen LogP contribution in [0.25, 0.3) is 22.2 Å². The maximum absolute atomic E-state index is 10.6. The maximum Gasteiger partial charge on any atom is 0.168 e. The number of nitrogens with zero attached hydrogens (tertiary/aromatic N) is 2. The summed E-state index contributed by atoms with van der Waals surface area (Å²) in [5.74, 6) is 0. The molecule has 0 aromatic carbocycles. The molecule has 0 saturated carbocycles. The molecule has 4 nitrogen and oxygen atoms in total. The molecule has 4 heteroatoms. The molecule has 0 fully saturated rings. The molecule has 3 aromatic heterocycles. The zero-order valence-electron chi connectivity index (χ0n) is 7.68. The van der Waals surface area contributed by atoms with Gasteiger partial charge in [0.25, 0.3) is 0 Å². The van der Waals surface area contributed by atoms with Crippen molar-refractivity contribution in [3.8, 4) is 0 Å². The van der Waals surface area contributed by atoms with Crippen LogP contribution in [-0.2, 0) is 0 Å². The molecule has 0 aliphatic rings. The van der Waals surface area contributed by atoms with Crippen molar-refractivity contribution in [2.75, 3.05) is 0 Å². The predicted molar refractivity (Wildman–Crippen MR) is 54.7 cm³/mol. The summed E-state index contributed by atoms with van der Waals surface area (Å²) in [4.78, 5) is 18.9. The molecule has 3 aromatic rings. The fourth-order valence-electron chi connectivity index (χ4n) is 1.55. The summed E-state index contributed by atoms with van der Waals surface area (Å²) in [6.45, 7) is 0. The fourth-order valence-corrected chi connectivity index (χ4v) is 1.55. The molecule has 3 rings (SSSR count). The molecule has 0 saturated heterocycles. The molecule has 0 aliphatic heterocycles. The van der Waals surface area contributed by atoms with Crippen molar-refractivity contribution in [2.45, 2.75) is 0 Å². The van der Waals surface area contributed by atoms with Crippen molar-refractivity contribution < 1.29 is 9.21 Å². The summed E-state index contributed by atoms with van der Waals surface area (Å²) in [5, 5.41) is 0. The molecule has 0 unspecified atom stereocenters. The minimum Gasteiger partial charge on any atom is -0.453 e. The van der Waals surface area contributed by atoms with Gasteiger partial charge < -0.3 is 4.42 Å². The third-order valence-corrected chi connectivity index (χ3v) is 2.22. The lowest BCUT2D eigenvalue weighted by Crippen LogP contribution is -1.85. The summed E-state index contributed by atoms with van der Waals surface area (Å²) in [6, 6.07) is 6.97. The molecule has 0 amide bonds. The molecule has 0 aliphatic carbocycles. The number of aromatic nitrogens is 2. The average Bonchev–Trinajstić information content (AvgIpc) is 2.66. The van der Waals surface area contributed by atoms with Gasteiger partial charge in [-0.25, -0.2) is 4.98 Å². The first-order chi connectivity index (χ1) is 7.38. The fraction of sp³-hybridized carbons (Fsp3) is 0. The number of aldehydes is 1. The summed E-state index contributed by atoms with van der Waals surface area (Å²) in [6.07, 6.45) is 2.38. The molecule has 15 heavy (non-hydrogen) atoms. The number of hydrogen-bond acceptors (Lipinski definition) is 4. The van der Waals surface area contributed by atoms with E-state index in [1.54, 1.807) is 24.4 Å². The minimum absolute atomic E-state index is 0.385. The molecule has 0 atom stereocenters. The quantitative estimate of drug-likeness (QED) is 0.562. The lowest BCUT2D eigenvalue weighted by Gasteiger charge is -1.89. The number of furan rings is 1. The predicted octanol–water partition coefficient (Wildman–Crippen LogP) is 2.19. The topological polar surface area (TPSA) is 56.0 Å². The number of carbonyl (C=O) groups excluding carboxylic acids is 1. The van der Waals surface area contributed by atoms with Gasteiger partial charge in [0.05, 0.1) is 0 Å². The highest BCUT2D eigenvalue weighted by Crippen LogP contribution is 2.24. The Hall–Kier alpha value is -2.23. The van der Waals surface area contributed by atoms with Gasteiger partial charge in [-0.1, -0.05) is 0 Å². The van der Waals surface area contributed by atoms with Gasteiger partial charge in [0.2, 0.25) is 0 Å². The van der Waals surface area contributed by atoms with E-state index in [-0.39, 0.29) is 0 Å². The van der Waals surface area contributed by atoms with E-state index in [0.717, 1.165) is 0 Å². The highest BCUT2D eigenvalue weighted by atomic mass is 16.3. The van der Waals surface area contributed by atoms with E-state index in [9.17, 15) is 4.79 Å². The second-order valence-electron chi connectivity index (χ2n) is 3.15. The highest BCUT2D eigenvalue weighted by Gasteiger charge is 2.08. The third kappa shape index (κ3) is 1.11. The van der Waals surface area contributed by atoms with Crippen molar-refractivity contribution in [3.63, 3.8) is 0 Å². The van der Waals surface area contributed by atoms with Crippen molar-refractivity contribution >= 4 is 28.5 Å². The largest absolute Gasteiger partial charge is 0.453 e. The lowest BCUT2D eigenvalue weighted by molar-refractivity contribution is 0.111. The van der Waals surface area contributed by atoms with Crippen LogP contribution in [0.3, 0.4) is 0 Å². The highest BCUT2D eigenvalue weighted by molar-refractivity contribution is 6.00. The van der Waals surface area contributed by atoms with Gasteiger partial charge in [-0.15, -0.1) is 0 Å². The summed E-state index contributed by atoms with van der Waals surface area (Å²) in [5.41, 5.74) is 3.04. The van der Waals surface area contributed by atoms with Gasteiger partial charge >= 0.3 is 0 Å². The van der Waals surface area contributed by atoms with E-state index in [4.69, 9.17) is 4.42 Å². The van der Waals surface area contributed by atoms with Crippen LogP contribution >= 0.6 is 0 Å². The average molecular weight is 198 g/mol. The van der Waals surface area contributed by atoms with Crippen LogP contribution in [0, 0.1) is 0 Å². The Kier molecular flexibility index (Phi) is 1.56. The first-order valence-electron chi connectivity index (χ1n) is 4.48. The van der Waals surface area contributed by atoms with Crippen LogP contribution in [-0.4, -0.2) is 16.3 Å². The van der Waals surface area contributed by atoms with Crippen molar-refractivity contribution in [1.82, 2.24) is 9.97 Å². The molecule has 0 spiro atoms. The van der Waals surface area contributed by atoms with E-state index in [1.165, 1.54) is 0 Å². The number of pyridine rings is 2. The smallest absolute Gasteiger partial charge is 0.168 e. The monoisotopic (exact) mass is 198 g/mol. The van der Waals surface area contributed by atoms with Crippen LogP contribution < -0.4 is 0 Å². The van der Waals surface area contributed by atoms with Crippen LogP contribution in [0.15, 0.2) is 34.9 Å². The molecule has 72 valence electrons. The standard InChI is InChI=1S/C11H6N2O2/c14-6-7-3-4-9-11(13-7)10-8(15-9)2-1-5-12-10/h1-6H. The van der Waals surface area contributed by atoms with E-state index in [2.05, 4.69) is 9.97 Å². The molecule has 0 N–H and O–H groups in total. The Bertz CT molecular complexity index is 658. The third-order valence-electron chi connectivity index (χ3n) is 2.22. The van der Waals surface area contributed by atoms with Crippen LogP contribution in [0.4, 0.5) is 0 Å². The summed E-state index contributed by atoms with van der Waals surface area (Å²) >= 11 is 0. The first-order valence-corrected chi connectivity index (χ1v) is 4.48.